The van der Waals surface area contributed by atoms with Crippen molar-refractivity contribution in [1.82, 2.24) is 4.98 Å². The number of rotatable bonds is 3. The number of aryl methyl sites for hydroxylation is 1. The molecule has 1 aromatic heterocycles. The van der Waals surface area contributed by atoms with Crippen molar-refractivity contribution in [2.24, 2.45) is 5.73 Å². The van der Waals surface area contributed by atoms with E-state index in [4.69, 9.17) is 10.5 Å². The van der Waals surface area contributed by atoms with E-state index in [1.54, 1.807) is 7.11 Å². The lowest BCUT2D eigenvalue weighted by molar-refractivity contribution is 0.415. The highest BCUT2D eigenvalue weighted by molar-refractivity contribution is 5.99. The summed E-state index contributed by atoms with van der Waals surface area (Å²) in [7, 11) is 1.68. The first-order valence-corrected chi connectivity index (χ1v) is 6.96. The summed E-state index contributed by atoms with van der Waals surface area (Å²) in [6.45, 7) is 2.54. The van der Waals surface area contributed by atoms with E-state index in [-0.39, 0.29) is 0 Å². The average Bonchev–Trinajstić information content (AvgIpc) is 2.54. The van der Waals surface area contributed by atoms with Gasteiger partial charge in [-0.15, -0.1) is 0 Å². The summed E-state index contributed by atoms with van der Waals surface area (Å²) >= 11 is 0. The molecule has 2 N–H and O–H groups in total. The van der Waals surface area contributed by atoms with E-state index < -0.39 is 0 Å². The van der Waals surface area contributed by atoms with Crippen LogP contribution in [0.15, 0.2) is 48.7 Å². The van der Waals surface area contributed by atoms with Crippen LogP contribution >= 0.6 is 0 Å². The van der Waals surface area contributed by atoms with Gasteiger partial charge in [-0.1, -0.05) is 30.3 Å². The van der Waals surface area contributed by atoms with Gasteiger partial charge in [0.1, 0.15) is 5.75 Å². The Hall–Kier alpha value is -2.39. The molecule has 0 unspecified atom stereocenters. The van der Waals surface area contributed by atoms with Gasteiger partial charge in [0.05, 0.1) is 12.8 Å². The number of benzene rings is 2. The van der Waals surface area contributed by atoms with Gasteiger partial charge < -0.3 is 10.5 Å². The van der Waals surface area contributed by atoms with Gasteiger partial charge in [0.2, 0.25) is 0 Å². The van der Waals surface area contributed by atoms with Crippen LogP contribution in [0.4, 0.5) is 0 Å². The van der Waals surface area contributed by atoms with E-state index >= 15 is 0 Å². The standard InChI is InChI=1S/C18H18N2O/c1-12-5-3-8-15-16(11-20-17(10-19)18(12)15)13-6-4-7-14(9-13)21-2/h3-9,11H,10,19H2,1-2H3. The molecule has 21 heavy (non-hydrogen) atoms. The summed E-state index contributed by atoms with van der Waals surface area (Å²) in [5.41, 5.74) is 10.2. The molecule has 0 bridgehead atoms. The Balaban J connectivity index is 2.31. The van der Waals surface area contributed by atoms with Gasteiger partial charge in [0.25, 0.3) is 0 Å². The number of nitrogens with zero attached hydrogens (tertiary/aromatic N) is 1. The van der Waals surface area contributed by atoms with Crippen LogP contribution in [-0.4, -0.2) is 12.1 Å². The lowest BCUT2D eigenvalue weighted by Crippen LogP contribution is -2.02. The Morgan fingerprint density at radius 1 is 1.14 bits per heavy atom. The Labute approximate surface area is 124 Å². The van der Waals surface area contributed by atoms with Gasteiger partial charge in [-0.05, 0) is 35.6 Å². The number of hydrogen-bond donors (Lipinski definition) is 1. The van der Waals surface area contributed by atoms with Crippen molar-refractivity contribution in [3.63, 3.8) is 0 Å². The number of fused-ring (bicyclic) bond motifs is 1. The highest BCUT2D eigenvalue weighted by atomic mass is 16.5. The number of aromatic nitrogens is 1. The normalized spacial score (nSPS) is 10.8. The molecule has 0 radical (unpaired) electrons. The number of methoxy groups -OCH3 is 1. The molecule has 0 fully saturated rings. The summed E-state index contributed by atoms with van der Waals surface area (Å²) in [5.74, 6) is 0.844. The smallest absolute Gasteiger partial charge is 0.119 e. The Morgan fingerprint density at radius 2 is 1.95 bits per heavy atom. The average molecular weight is 278 g/mol. The molecular weight excluding hydrogens is 260 g/mol. The van der Waals surface area contributed by atoms with Crippen LogP contribution in [-0.2, 0) is 6.54 Å². The topological polar surface area (TPSA) is 48.1 Å². The van der Waals surface area contributed by atoms with Crippen molar-refractivity contribution < 1.29 is 4.74 Å². The highest BCUT2D eigenvalue weighted by Crippen LogP contribution is 2.32. The van der Waals surface area contributed by atoms with Gasteiger partial charge in [0, 0.05) is 23.7 Å². The molecular formula is C18H18N2O. The second kappa shape index (κ2) is 5.54. The Bertz CT molecular complexity index is 796. The maximum Gasteiger partial charge on any atom is 0.119 e. The maximum absolute atomic E-state index is 5.84. The number of ether oxygens (including phenoxy) is 1. The molecule has 3 heteroatoms. The molecule has 0 spiro atoms. The summed E-state index contributed by atoms with van der Waals surface area (Å²) in [4.78, 5) is 4.55. The molecule has 0 aliphatic rings. The summed E-state index contributed by atoms with van der Waals surface area (Å²) in [6.07, 6.45) is 1.90. The molecule has 3 aromatic rings. The lowest BCUT2D eigenvalue weighted by atomic mass is 9.96. The maximum atomic E-state index is 5.84. The zero-order chi connectivity index (χ0) is 14.8. The fourth-order valence-electron chi connectivity index (χ4n) is 2.73. The zero-order valence-corrected chi connectivity index (χ0v) is 12.3. The van der Waals surface area contributed by atoms with E-state index in [0.29, 0.717) is 6.54 Å². The van der Waals surface area contributed by atoms with Gasteiger partial charge >= 0.3 is 0 Å². The molecule has 0 saturated heterocycles. The third-order valence-electron chi connectivity index (χ3n) is 3.78. The molecule has 0 aliphatic carbocycles. The zero-order valence-electron chi connectivity index (χ0n) is 12.3. The van der Waals surface area contributed by atoms with Crippen LogP contribution in [0.25, 0.3) is 21.9 Å². The minimum atomic E-state index is 0.444. The summed E-state index contributed by atoms with van der Waals surface area (Å²) < 4.78 is 5.32. The lowest BCUT2D eigenvalue weighted by Gasteiger charge is -2.12. The van der Waals surface area contributed by atoms with Crippen LogP contribution in [0.3, 0.4) is 0 Å². The van der Waals surface area contributed by atoms with Crippen molar-refractivity contribution in [3.05, 3.63) is 59.9 Å². The van der Waals surface area contributed by atoms with Gasteiger partial charge in [-0.25, -0.2) is 0 Å². The van der Waals surface area contributed by atoms with Gasteiger partial charge in [0.15, 0.2) is 0 Å². The second-order valence-corrected chi connectivity index (χ2v) is 5.05. The number of hydrogen-bond acceptors (Lipinski definition) is 3. The largest absolute Gasteiger partial charge is 0.497 e. The molecule has 2 aromatic carbocycles. The molecule has 3 nitrogen and oxygen atoms in total. The summed E-state index contributed by atoms with van der Waals surface area (Å²) in [6, 6.07) is 14.3. The van der Waals surface area contributed by atoms with Crippen LogP contribution < -0.4 is 10.5 Å². The molecule has 3 rings (SSSR count). The monoisotopic (exact) mass is 278 g/mol. The van der Waals surface area contributed by atoms with Crippen LogP contribution in [0.1, 0.15) is 11.3 Å². The van der Waals surface area contributed by atoms with Crippen molar-refractivity contribution in [2.75, 3.05) is 7.11 Å². The number of nitrogens with two attached hydrogens (primary N) is 1. The van der Waals surface area contributed by atoms with Crippen molar-refractivity contribution >= 4 is 10.8 Å². The van der Waals surface area contributed by atoms with E-state index in [0.717, 1.165) is 28.0 Å². The van der Waals surface area contributed by atoms with Gasteiger partial charge in [-0.2, -0.15) is 0 Å². The minimum absolute atomic E-state index is 0.444. The fraction of sp³-hybridized carbons (Fsp3) is 0.167. The quantitative estimate of drug-likeness (QED) is 0.795. The minimum Gasteiger partial charge on any atom is -0.497 e. The first kappa shape index (κ1) is 13.6. The highest BCUT2D eigenvalue weighted by Gasteiger charge is 2.10. The van der Waals surface area contributed by atoms with Crippen LogP contribution in [0, 0.1) is 6.92 Å². The van der Waals surface area contributed by atoms with Crippen LogP contribution in [0.2, 0.25) is 0 Å². The van der Waals surface area contributed by atoms with Crippen LogP contribution in [0.5, 0.6) is 5.75 Å². The molecule has 0 amide bonds. The molecule has 0 aliphatic heterocycles. The predicted octanol–water partition coefficient (Wildman–Crippen LogP) is 3.68. The van der Waals surface area contributed by atoms with Crippen molar-refractivity contribution in [2.45, 2.75) is 13.5 Å². The van der Waals surface area contributed by atoms with Crippen molar-refractivity contribution in [3.8, 4) is 16.9 Å². The third-order valence-corrected chi connectivity index (χ3v) is 3.78. The molecule has 1 heterocycles. The first-order chi connectivity index (χ1) is 10.2. The molecule has 106 valence electrons. The fourth-order valence-corrected chi connectivity index (χ4v) is 2.73. The first-order valence-electron chi connectivity index (χ1n) is 6.96. The Kier molecular flexibility index (Phi) is 3.59. The summed E-state index contributed by atoms with van der Waals surface area (Å²) in [5, 5.41) is 2.33. The van der Waals surface area contributed by atoms with E-state index in [1.165, 1.54) is 10.9 Å². The molecule has 0 saturated carbocycles. The van der Waals surface area contributed by atoms with Gasteiger partial charge in [-0.3, -0.25) is 4.98 Å². The van der Waals surface area contributed by atoms with E-state index in [1.807, 2.05) is 24.4 Å². The van der Waals surface area contributed by atoms with E-state index in [9.17, 15) is 0 Å². The SMILES string of the molecule is COc1cccc(-c2cnc(CN)c3c(C)cccc23)c1. The Morgan fingerprint density at radius 3 is 2.71 bits per heavy atom. The predicted molar refractivity (Wildman–Crippen MR) is 86.4 cm³/mol. The third kappa shape index (κ3) is 2.36. The molecule has 0 atom stereocenters. The van der Waals surface area contributed by atoms with Crippen molar-refractivity contribution in [1.29, 1.82) is 0 Å². The number of pyridine rings is 1. The van der Waals surface area contributed by atoms with E-state index in [2.05, 4.69) is 36.2 Å². The second-order valence-electron chi connectivity index (χ2n) is 5.05.